The lowest BCUT2D eigenvalue weighted by Crippen LogP contribution is -2.45. The molecule has 1 aliphatic heterocycles. The van der Waals surface area contributed by atoms with Gasteiger partial charge in [0.05, 0.1) is 29.6 Å². The van der Waals surface area contributed by atoms with Crippen molar-refractivity contribution in [3.05, 3.63) is 53.2 Å². The molecule has 2 aromatic rings. The smallest absolute Gasteiger partial charge is 0.309 e. The predicted octanol–water partition coefficient (Wildman–Crippen LogP) is 5.63. The van der Waals surface area contributed by atoms with E-state index >= 15 is 0 Å². The third-order valence-corrected chi connectivity index (χ3v) is 7.75. The van der Waals surface area contributed by atoms with E-state index in [9.17, 15) is 19.8 Å². The second-order valence-electron chi connectivity index (χ2n) is 11.1. The number of esters is 1. The number of aromatic nitrogens is 1. The molecule has 0 radical (unpaired) electrons. The van der Waals surface area contributed by atoms with Crippen LogP contribution in [-0.2, 0) is 14.3 Å². The Kier molecular flexibility index (Phi) is 9.07. The van der Waals surface area contributed by atoms with Crippen LogP contribution in [0.3, 0.4) is 0 Å². The maximum Gasteiger partial charge on any atom is 0.309 e. The number of Topliss-reactive ketones (excluding diaryl/α,β-unsaturated/α-hetero) is 1. The highest BCUT2D eigenvalue weighted by molar-refractivity contribution is 5.88. The first-order valence-corrected chi connectivity index (χ1v) is 13.0. The summed E-state index contributed by atoms with van der Waals surface area (Å²) in [4.78, 5) is 30.8. The van der Waals surface area contributed by atoms with E-state index in [2.05, 4.69) is 18.0 Å². The lowest BCUT2D eigenvalue weighted by Gasteiger charge is -2.34. The first kappa shape index (κ1) is 28.0. The maximum atomic E-state index is 13.2. The van der Waals surface area contributed by atoms with Gasteiger partial charge in [-0.25, -0.2) is 0 Å². The number of aliphatic hydroxyl groups excluding tert-OH is 2. The van der Waals surface area contributed by atoms with Crippen molar-refractivity contribution in [2.45, 2.75) is 92.0 Å². The number of benzene rings is 1. The van der Waals surface area contributed by atoms with Gasteiger partial charge in [0.1, 0.15) is 11.9 Å². The fraction of sp³-hybridized carbons (Fsp3) is 0.567. The summed E-state index contributed by atoms with van der Waals surface area (Å²) in [6, 6.07) is 9.83. The Morgan fingerprint density at radius 3 is 2.50 bits per heavy atom. The molecule has 3 unspecified atom stereocenters. The third kappa shape index (κ3) is 6.60. The van der Waals surface area contributed by atoms with Crippen LogP contribution in [0, 0.1) is 24.2 Å². The summed E-state index contributed by atoms with van der Waals surface area (Å²) in [5, 5.41) is 22.7. The molecule has 0 fully saturated rings. The van der Waals surface area contributed by atoms with E-state index in [-0.39, 0.29) is 18.1 Å². The van der Waals surface area contributed by atoms with E-state index < -0.39 is 35.6 Å². The number of hydrogen-bond acceptors (Lipinski definition) is 6. The molecular weight excluding hydrogens is 454 g/mol. The summed E-state index contributed by atoms with van der Waals surface area (Å²) >= 11 is 0. The number of carbonyl (C=O) groups excluding carboxylic acids is 2. The highest BCUT2D eigenvalue weighted by Crippen LogP contribution is 2.33. The number of cyclic esters (lactones) is 1. The molecule has 196 valence electrons. The molecule has 1 aromatic heterocycles. The molecule has 36 heavy (non-hydrogen) atoms. The number of allylic oxidation sites excluding steroid dienone is 1. The number of ketones is 1. The Morgan fingerprint density at radius 2 is 1.78 bits per heavy atom. The Morgan fingerprint density at radius 1 is 1.06 bits per heavy atom. The van der Waals surface area contributed by atoms with Crippen molar-refractivity contribution >= 4 is 22.7 Å². The van der Waals surface area contributed by atoms with Crippen molar-refractivity contribution in [1.29, 1.82) is 0 Å². The summed E-state index contributed by atoms with van der Waals surface area (Å²) in [5.41, 5.74) is 2.67. The largest absolute Gasteiger partial charge is 0.457 e. The molecule has 5 atom stereocenters. The van der Waals surface area contributed by atoms with Crippen LogP contribution in [0.5, 0.6) is 0 Å². The van der Waals surface area contributed by atoms with E-state index in [1.165, 1.54) is 5.57 Å². The van der Waals surface area contributed by atoms with E-state index in [1.54, 1.807) is 20.8 Å². The quantitative estimate of drug-likeness (QED) is 0.393. The van der Waals surface area contributed by atoms with E-state index in [0.717, 1.165) is 41.4 Å². The van der Waals surface area contributed by atoms with Crippen LogP contribution in [0.1, 0.15) is 84.1 Å². The van der Waals surface area contributed by atoms with E-state index in [4.69, 9.17) is 4.74 Å². The topological polar surface area (TPSA) is 96.7 Å². The van der Waals surface area contributed by atoms with E-state index in [1.807, 2.05) is 44.2 Å². The average Bonchev–Trinajstić information content (AvgIpc) is 2.83. The van der Waals surface area contributed by atoms with Crippen molar-refractivity contribution in [3.63, 3.8) is 0 Å². The molecule has 1 aromatic carbocycles. The van der Waals surface area contributed by atoms with Crippen molar-refractivity contribution in [2.24, 2.45) is 17.3 Å². The monoisotopic (exact) mass is 495 g/mol. The van der Waals surface area contributed by atoms with Gasteiger partial charge in [0.25, 0.3) is 0 Å². The fourth-order valence-corrected chi connectivity index (χ4v) is 5.00. The van der Waals surface area contributed by atoms with Crippen molar-refractivity contribution in [1.82, 2.24) is 4.98 Å². The van der Waals surface area contributed by atoms with Gasteiger partial charge in [-0.1, -0.05) is 51.5 Å². The van der Waals surface area contributed by atoms with Crippen LogP contribution in [0.4, 0.5) is 0 Å². The first-order valence-electron chi connectivity index (χ1n) is 13.0. The molecule has 6 nitrogen and oxygen atoms in total. The lowest BCUT2D eigenvalue weighted by atomic mass is 9.73. The molecule has 0 amide bonds. The van der Waals surface area contributed by atoms with Crippen molar-refractivity contribution in [2.75, 3.05) is 0 Å². The molecule has 0 saturated heterocycles. The van der Waals surface area contributed by atoms with Crippen molar-refractivity contribution in [3.8, 4) is 0 Å². The Hall–Kier alpha value is -2.57. The van der Waals surface area contributed by atoms with Crippen LogP contribution in [0.2, 0.25) is 0 Å². The molecule has 2 N–H and O–H groups in total. The molecule has 2 heterocycles. The van der Waals surface area contributed by atoms with Gasteiger partial charge in [0, 0.05) is 23.4 Å². The van der Waals surface area contributed by atoms with Gasteiger partial charge in [0.15, 0.2) is 0 Å². The number of pyridine rings is 1. The number of aryl methyl sites for hydroxylation is 1. The minimum atomic E-state index is -1.22. The Labute approximate surface area is 214 Å². The highest BCUT2D eigenvalue weighted by Gasteiger charge is 2.42. The highest BCUT2D eigenvalue weighted by atomic mass is 16.5. The number of rotatable bonds is 1. The van der Waals surface area contributed by atoms with Gasteiger partial charge < -0.3 is 14.9 Å². The van der Waals surface area contributed by atoms with Gasteiger partial charge in [-0.3, -0.25) is 14.6 Å². The van der Waals surface area contributed by atoms with Gasteiger partial charge in [-0.15, -0.1) is 0 Å². The number of aliphatic hydroxyl groups is 2. The second-order valence-corrected chi connectivity index (χ2v) is 11.1. The predicted molar refractivity (Wildman–Crippen MR) is 141 cm³/mol. The van der Waals surface area contributed by atoms with Gasteiger partial charge >= 0.3 is 5.97 Å². The zero-order chi connectivity index (χ0) is 26.6. The maximum absolute atomic E-state index is 13.2. The summed E-state index contributed by atoms with van der Waals surface area (Å²) in [6.45, 7) is 10.9. The fourth-order valence-electron chi connectivity index (χ4n) is 5.00. The summed E-state index contributed by atoms with van der Waals surface area (Å²) < 4.78 is 5.90. The van der Waals surface area contributed by atoms with Crippen molar-refractivity contribution < 1.29 is 24.5 Å². The molecule has 0 bridgehead atoms. The normalized spacial score (nSPS) is 29.0. The first-order chi connectivity index (χ1) is 16.9. The number of nitrogens with zero attached hydrogens (tertiary/aromatic N) is 1. The number of hydrogen-bond donors (Lipinski definition) is 2. The Balaban J connectivity index is 1.92. The summed E-state index contributed by atoms with van der Waals surface area (Å²) in [7, 11) is 0. The zero-order valence-corrected chi connectivity index (χ0v) is 22.5. The molecule has 1 aliphatic rings. The summed E-state index contributed by atoms with van der Waals surface area (Å²) in [5.74, 6) is -1.51. The van der Waals surface area contributed by atoms with Crippen LogP contribution >= 0.6 is 0 Å². The number of fused-ring (bicyclic) bond motifs is 1. The lowest BCUT2D eigenvalue weighted by molar-refractivity contribution is -0.155. The minimum absolute atomic E-state index is 0.0508. The zero-order valence-electron chi connectivity index (χ0n) is 22.5. The van der Waals surface area contributed by atoms with E-state index in [0.29, 0.717) is 6.42 Å². The van der Waals surface area contributed by atoms with Gasteiger partial charge in [-0.05, 0) is 62.8 Å². The van der Waals surface area contributed by atoms with Crippen LogP contribution in [0.15, 0.2) is 42.0 Å². The molecular formula is C30H41NO5. The average molecular weight is 496 g/mol. The standard InChI is InChI=1S/C30H41NO5/c1-18-8-7-9-19(2)28(34)21(4)29(35)30(5,6)26(32)17-27(33)36-25(15-10-18)23-13-14-24-22(16-23)12-11-20(3)31-24/h10-14,16,19,21,25-26,28,32,34H,7-9,15,17H2,1-6H3/t19?,21?,25-,26?,28-/m0/s1. The second kappa shape index (κ2) is 11.7. The molecule has 3 rings (SSSR count). The Bertz CT molecular complexity index is 1120. The number of ether oxygens (including phenoxy) is 1. The molecule has 0 aliphatic carbocycles. The molecule has 0 spiro atoms. The third-order valence-electron chi connectivity index (χ3n) is 7.75. The molecule has 0 saturated carbocycles. The minimum Gasteiger partial charge on any atom is -0.457 e. The summed E-state index contributed by atoms with van der Waals surface area (Å²) in [6.07, 6.45) is 2.32. The SMILES string of the molecule is CC1=CC[C@@H](c2ccc3nc(C)ccc3c2)OC(=O)CC(O)C(C)(C)C(=O)C(C)[C@@H](O)C(C)CCC1. The number of carbonyl (C=O) groups is 2. The van der Waals surface area contributed by atoms with Gasteiger partial charge in [-0.2, -0.15) is 0 Å². The van der Waals surface area contributed by atoms with Crippen LogP contribution in [0.25, 0.3) is 10.9 Å². The van der Waals surface area contributed by atoms with Crippen LogP contribution in [-0.4, -0.2) is 39.2 Å². The van der Waals surface area contributed by atoms with Gasteiger partial charge in [0.2, 0.25) is 0 Å². The molecule has 6 heteroatoms. The van der Waals surface area contributed by atoms with Crippen LogP contribution < -0.4 is 0 Å².